The van der Waals surface area contributed by atoms with Gasteiger partial charge in [0.25, 0.3) is 15.9 Å². The van der Waals surface area contributed by atoms with E-state index in [1.54, 1.807) is 18.1 Å². The Bertz CT molecular complexity index is 1050. The molecule has 174 valence electrons. The van der Waals surface area contributed by atoms with E-state index >= 15 is 0 Å². The first-order valence-electron chi connectivity index (χ1n) is 10.2. The Morgan fingerprint density at radius 1 is 1.06 bits per heavy atom. The van der Waals surface area contributed by atoms with Gasteiger partial charge < -0.3 is 9.64 Å². The molecule has 0 saturated carbocycles. The molecule has 2 aromatic carbocycles. The molecule has 1 amide bonds. The maximum absolute atomic E-state index is 13.1. The number of ether oxygens (including phenoxy) is 1. The number of amides is 1. The van der Waals surface area contributed by atoms with Crippen molar-refractivity contribution in [2.75, 3.05) is 47.4 Å². The molecule has 0 spiro atoms. The topological polar surface area (TPSA) is 79.4 Å². The van der Waals surface area contributed by atoms with Gasteiger partial charge in [0.2, 0.25) is 0 Å². The molecular formula is C22H28ClN3O5S. The van der Waals surface area contributed by atoms with Crippen molar-refractivity contribution in [1.82, 2.24) is 14.3 Å². The minimum absolute atomic E-state index is 0.0342. The van der Waals surface area contributed by atoms with Crippen LogP contribution in [0.5, 0.6) is 5.75 Å². The van der Waals surface area contributed by atoms with Gasteiger partial charge in [-0.3, -0.25) is 14.5 Å². The summed E-state index contributed by atoms with van der Waals surface area (Å²) in [6.07, 6.45) is 0.826. The van der Waals surface area contributed by atoms with E-state index in [1.165, 1.54) is 31.9 Å². The third-order valence-corrected chi connectivity index (χ3v) is 7.65. The molecule has 0 aliphatic carbocycles. The summed E-state index contributed by atoms with van der Waals surface area (Å²) in [5.41, 5.74) is 1.46. The van der Waals surface area contributed by atoms with Crippen LogP contribution < -0.4 is 4.74 Å². The van der Waals surface area contributed by atoms with Gasteiger partial charge in [-0.25, -0.2) is 8.42 Å². The Balaban J connectivity index is 1.70. The molecule has 0 atom stereocenters. The Kier molecular flexibility index (Phi) is 8.13. The monoisotopic (exact) mass is 481 g/mol. The highest BCUT2D eigenvalue weighted by atomic mass is 35.5. The summed E-state index contributed by atoms with van der Waals surface area (Å²) in [7, 11) is 0.188. The molecule has 32 heavy (non-hydrogen) atoms. The van der Waals surface area contributed by atoms with Crippen molar-refractivity contribution in [3.05, 3.63) is 58.6 Å². The maximum Gasteiger partial charge on any atom is 0.266 e. The fourth-order valence-electron chi connectivity index (χ4n) is 3.57. The quantitative estimate of drug-likeness (QED) is 0.566. The Morgan fingerprint density at radius 3 is 2.44 bits per heavy atom. The van der Waals surface area contributed by atoms with E-state index in [1.807, 2.05) is 24.3 Å². The first kappa shape index (κ1) is 24.5. The van der Waals surface area contributed by atoms with Crippen LogP contribution in [-0.2, 0) is 21.4 Å². The Morgan fingerprint density at radius 2 is 1.78 bits per heavy atom. The molecule has 0 bridgehead atoms. The number of benzene rings is 2. The predicted octanol–water partition coefficient (Wildman–Crippen LogP) is 2.88. The summed E-state index contributed by atoms with van der Waals surface area (Å²) in [4.78, 5) is 21.8. The Labute approximate surface area is 194 Å². The lowest BCUT2D eigenvalue weighted by Crippen LogP contribution is -2.35. The number of methoxy groups -OCH3 is 1. The average molecular weight is 482 g/mol. The normalized spacial score (nSPS) is 15.6. The first-order chi connectivity index (χ1) is 15.3. The van der Waals surface area contributed by atoms with E-state index < -0.39 is 10.0 Å². The largest absolute Gasteiger partial charge is 0.497 e. The number of hydroxylamine groups is 1. The van der Waals surface area contributed by atoms with Gasteiger partial charge in [-0.2, -0.15) is 0 Å². The van der Waals surface area contributed by atoms with Crippen molar-refractivity contribution < 1.29 is 22.8 Å². The number of carbonyl (C=O) groups is 1. The zero-order chi connectivity index (χ0) is 23.3. The SMILES string of the molecule is COc1ccc(CN2CCCN(C(=O)c3ccc(Cl)c(S(=O)(=O)N(C)OC)c3)CC2)cc1. The lowest BCUT2D eigenvalue weighted by molar-refractivity contribution is -0.0258. The number of halogens is 1. The molecule has 8 nitrogen and oxygen atoms in total. The van der Waals surface area contributed by atoms with Crippen molar-refractivity contribution in [2.24, 2.45) is 0 Å². The number of carbonyl (C=O) groups excluding carboxylic acids is 1. The summed E-state index contributed by atoms with van der Waals surface area (Å²) in [6, 6.07) is 12.3. The van der Waals surface area contributed by atoms with Crippen molar-refractivity contribution >= 4 is 27.5 Å². The molecule has 1 heterocycles. The Hall–Kier alpha value is -2.17. The van der Waals surface area contributed by atoms with Gasteiger partial charge in [-0.15, -0.1) is 0 Å². The van der Waals surface area contributed by atoms with Crippen molar-refractivity contribution in [3.63, 3.8) is 0 Å². The molecule has 2 aromatic rings. The number of sulfonamides is 1. The molecule has 1 aliphatic rings. The molecule has 1 aliphatic heterocycles. The third-order valence-electron chi connectivity index (χ3n) is 5.49. The van der Waals surface area contributed by atoms with Gasteiger partial charge in [-0.05, 0) is 42.3 Å². The molecule has 0 N–H and O–H groups in total. The molecule has 0 radical (unpaired) electrons. The van der Waals surface area contributed by atoms with E-state index in [-0.39, 0.29) is 21.4 Å². The zero-order valence-corrected chi connectivity index (χ0v) is 20.0. The fourth-order valence-corrected chi connectivity index (χ4v) is 5.05. The van der Waals surface area contributed by atoms with Gasteiger partial charge in [-0.1, -0.05) is 28.2 Å². The molecule has 0 aromatic heterocycles. The van der Waals surface area contributed by atoms with Crippen molar-refractivity contribution in [3.8, 4) is 5.75 Å². The lowest BCUT2D eigenvalue weighted by Gasteiger charge is -2.23. The highest BCUT2D eigenvalue weighted by molar-refractivity contribution is 7.89. The number of nitrogens with zero attached hydrogens (tertiary/aromatic N) is 3. The second kappa shape index (κ2) is 10.6. The number of hydrogen-bond donors (Lipinski definition) is 0. The summed E-state index contributed by atoms with van der Waals surface area (Å²) >= 11 is 6.11. The van der Waals surface area contributed by atoms with Crippen LogP contribution in [0.1, 0.15) is 22.3 Å². The van der Waals surface area contributed by atoms with Gasteiger partial charge >= 0.3 is 0 Å². The lowest BCUT2D eigenvalue weighted by atomic mass is 10.2. The molecule has 3 rings (SSSR count). The van der Waals surface area contributed by atoms with Crippen LogP contribution in [-0.4, -0.2) is 76.0 Å². The van der Waals surface area contributed by atoms with Crippen LogP contribution in [0.25, 0.3) is 0 Å². The standard InChI is InChI=1S/C22H28ClN3O5S/c1-24(31-3)32(28,29)21-15-18(7-10-20(21)23)22(27)26-12-4-11-25(13-14-26)16-17-5-8-19(30-2)9-6-17/h5-10,15H,4,11-14,16H2,1-3H3. The minimum atomic E-state index is -3.97. The van der Waals surface area contributed by atoms with E-state index in [4.69, 9.17) is 21.2 Å². The van der Waals surface area contributed by atoms with Crippen LogP contribution in [0.4, 0.5) is 0 Å². The van der Waals surface area contributed by atoms with E-state index in [0.717, 1.165) is 31.8 Å². The van der Waals surface area contributed by atoms with Crippen LogP contribution >= 0.6 is 11.6 Å². The zero-order valence-electron chi connectivity index (χ0n) is 18.5. The summed E-state index contributed by atoms with van der Waals surface area (Å²) in [6.45, 7) is 3.54. The summed E-state index contributed by atoms with van der Waals surface area (Å²) in [5.74, 6) is 0.604. The van der Waals surface area contributed by atoms with Gasteiger partial charge in [0.05, 0.1) is 19.2 Å². The smallest absolute Gasteiger partial charge is 0.266 e. The fraction of sp³-hybridized carbons (Fsp3) is 0.409. The second-order valence-corrected chi connectivity index (χ2v) is 9.82. The number of rotatable bonds is 7. The van der Waals surface area contributed by atoms with Gasteiger partial charge in [0.1, 0.15) is 10.6 Å². The highest BCUT2D eigenvalue weighted by Gasteiger charge is 2.27. The van der Waals surface area contributed by atoms with E-state index in [2.05, 4.69) is 4.90 Å². The van der Waals surface area contributed by atoms with Gasteiger partial charge in [0, 0.05) is 45.3 Å². The van der Waals surface area contributed by atoms with Gasteiger partial charge in [0.15, 0.2) is 0 Å². The molecule has 1 saturated heterocycles. The van der Waals surface area contributed by atoms with E-state index in [9.17, 15) is 13.2 Å². The van der Waals surface area contributed by atoms with Crippen molar-refractivity contribution in [1.29, 1.82) is 0 Å². The molecule has 1 fully saturated rings. The van der Waals surface area contributed by atoms with Crippen LogP contribution in [0.2, 0.25) is 5.02 Å². The average Bonchev–Trinajstić information content (AvgIpc) is 3.04. The second-order valence-electron chi connectivity index (χ2n) is 7.51. The predicted molar refractivity (Wildman–Crippen MR) is 122 cm³/mol. The molecular weight excluding hydrogens is 454 g/mol. The molecule has 0 unspecified atom stereocenters. The third kappa shape index (κ3) is 5.60. The van der Waals surface area contributed by atoms with Crippen molar-refractivity contribution in [2.45, 2.75) is 17.9 Å². The van der Waals surface area contributed by atoms with Crippen LogP contribution in [0, 0.1) is 0 Å². The van der Waals surface area contributed by atoms with Crippen LogP contribution in [0.15, 0.2) is 47.4 Å². The number of hydrogen-bond acceptors (Lipinski definition) is 6. The summed E-state index contributed by atoms with van der Waals surface area (Å²) in [5, 5.41) is 0.0342. The summed E-state index contributed by atoms with van der Waals surface area (Å²) < 4.78 is 31.2. The van der Waals surface area contributed by atoms with Crippen LogP contribution in [0.3, 0.4) is 0 Å². The minimum Gasteiger partial charge on any atom is -0.497 e. The van der Waals surface area contributed by atoms with E-state index in [0.29, 0.717) is 17.6 Å². The maximum atomic E-state index is 13.1. The first-order valence-corrected chi connectivity index (χ1v) is 12.0. The molecule has 10 heteroatoms. The highest BCUT2D eigenvalue weighted by Crippen LogP contribution is 2.26.